The van der Waals surface area contributed by atoms with Crippen molar-refractivity contribution in [3.05, 3.63) is 52.5 Å². The second-order valence-corrected chi connectivity index (χ2v) is 8.31. The first kappa shape index (κ1) is 19.1. The highest BCUT2D eigenvalue weighted by Gasteiger charge is 2.17. The third kappa shape index (κ3) is 4.43. The number of nitrogens with zero attached hydrogens (tertiary/aromatic N) is 2. The minimum Gasteiger partial charge on any atom is -0.370 e. The van der Waals surface area contributed by atoms with Crippen molar-refractivity contribution >= 4 is 27.5 Å². The lowest BCUT2D eigenvalue weighted by Crippen LogP contribution is -3.14. The number of fused-ring (bicyclic) bond motifs is 1. The topological polar surface area (TPSA) is 60.6 Å². The Morgan fingerprint density at radius 1 is 1.29 bits per heavy atom. The summed E-state index contributed by atoms with van der Waals surface area (Å²) in [5, 5.41) is 8.80. The Kier molecular flexibility index (Phi) is 6.04. The lowest BCUT2D eigenvalue weighted by molar-refractivity contribution is -0.908. The second-order valence-electron chi connectivity index (χ2n) is 7.28. The summed E-state index contributed by atoms with van der Waals surface area (Å²) >= 11 is 1.52. The van der Waals surface area contributed by atoms with Crippen molar-refractivity contribution < 1.29 is 14.4 Å². The van der Waals surface area contributed by atoms with Gasteiger partial charge < -0.3 is 15.0 Å². The number of thiophene rings is 1. The van der Waals surface area contributed by atoms with Gasteiger partial charge in [0.15, 0.2) is 0 Å². The minimum absolute atomic E-state index is 0.0174. The number of carbonyl (C=O) groups is 1. The average molecular weight is 400 g/mol. The van der Waals surface area contributed by atoms with E-state index in [1.807, 2.05) is 35.9 Å². The van der Waals surface area contributed by atoms with E-state index in [2.05, 4.69) is 22.5 Å². The molecule has 3 aromatic rings. The molecule has 1 amide bonds. The Bertz CT molecular complexity index is 929. The molecule has 7 heteroatoms. The molecule has 1 aliphatic rings. The molecule has 0 aliphatic carbocycles. The van der Waals surface area contributed by atoms with Crippen LogP contribution in [0.15, 0.2) is 36.4 Å². The number of amides is 1. The zero-order valence-electron chi connectivity index (χ0n) is 16.2. The maximum Gasteiger partial charge on any atom is 0.261 e. The van der Waals surface area contributed by atoms with Gasteiger partial charge in [-0.3, -0.25) is 9.48 Å². The van der Waals surface area contributed by atoms with E-state index in [0.29, 0.717) is 6.54 Å². The van der Waals surface area contributed by atoms with Gasteiger partial charge in [-0.15, -0.1) is 11.3 Å². The monoisotopic (exact) mass is 399 g/mol. The Hall–Kier alpha value is -2.22. The molecule has 0 atom stereocenters. The predicted molar refractivity (Wildman–Crippen MR) is 111 cm³/mol. The van der Waals surface area contributed by atoms with Gasteiger partial charge in [0.25, 0.3) is 5.91 Å². The second kappa shape index (κ2) is 8.86. The molecule has 3 heterocycles. The summed E-state index contributed by atoms with van der Waals surface area (Å²) in [5.74, 6) is 0.0174. The fraction of sp³-hybridized carbons (Fsp3) is 0.429. The van der Waals surface area contributed by atoms with Gasteiger partial charge in [-0.25, -0.2) is 0 Å². The molecule has 4 rings (SSSR count). The number of carbonyl (C=O) groups excluding carboxylic acids is 1. The normalized spacial score (nSPS) is 15.2. The molecule has 2 N–H and O–H groups in total. The van der Waals surface area contributed by atoms with E-state index in [9.17, 15) is 4.79 Å². The number of hydrogen-bond acceptors (Lipinski definition) is 4. The molecule has 0 bridgehead atoms. The van der Waals surface area contributed by atoms with E-state index in [0.717, 1.165) is 66.6 Å². The van der Waals surface area contributed by atoms with Crippen molar-refractivity contribution in [3.63, 3.8) is 0 Å². The van der Waals surface area contributed by atoms with Crippen LogP contribution in [0, 0.1) is 6.92 Å². The van der Waals surface area contributed by atoms with Gasteiger partial charge in [0.2, 0.25) is 0 Å². The average Bonchev–Trinajstić information content (AvgIpc) is 3.28. The molecule has 1 aliphatic heterocycles. The summed E-state index contributed by atoms with van der Waals surface area (Å²) in [6.07, 6.45) is 0.993. The number of ether oxygens (including phenoxy) is 1. The van der Waals surface area contributed by atoms with Crippen molar-refractivity contribution in [3.8, 4) is 0 Å². The number of aryl methyl sites for hydroxylation is 1. The fourth-order valence-electron chi connectivity index (χ4n) is 3.63. The van der Waals surface area contributed by atoms with Gasteiger partial charge in [-0.1, -0.05) is 30.3 Å². The Labute approximate surface area is 169 Å². The summed E-state index contributed by atoms with van der Waals surface area (Å²) in [6, 6.07) is 12.3. The molecular formula is C21H27N4O2S+. The van der Waals surface area contributed by atoms with E-state index in [1.165, 1.54) is 16.9 Å². The molecule has 1 aromatic carbocycles. The molecule has 28 heavy (non-hydrogen) atoms. The number of quaternary nitrogens is 1. The molecule has 0 radical (unpaired) electrons. The standard InChI is InChI=1S/C21H26N4O2S/c1-16-18-14-19(20(26)22-8-5-9-24-10-12-27-13-11-24)28-21(18)25(23-16)15-17-6-3-2-4-7-17/h2-4,6-7,14H,5,8-13,15H2,1H3,(H,22,26)/p+1. The van der Waals surface area contributed by atoms with E-state index >= 15 is 0 Å². The first-order valence-corrected chi connectivity index (χ1v) is 10.7. The lowest BCUT2D eigenvalue weighted by atomic mass is 10.2. The van der Waals surface area contributed by atoms with E-state index in [1.54, 1.807) is 4.90 Å². The van der Waals surface area contributed by atoms with Crippen molar-refractivity contribution in [2.24, 2.45) is 0 Å². The first-order chi connectivity index (χ1) is 13.7. The van der Waals surface area contributed by atoms with Crippen LogP contribution in [0.25, 0.3) is 10.2 Å². The van der Waals surface area contributed by atoms with Gasteiger partial charge >= 0.3 is 0 Å². The molecule has 1 fully saturated rings. The number of nitrogens with one attached hydrogen (secondary N) is 2. The summed E-state index contributed by atoms with van der Waals surface area (Å²) in [6.45, 7) is 8.36. The summed E-state index contributed by atoms with van der Waals surface area (Å²) in [7, 11) is 0. The zero-order valence-corrected chi connectivity index (χ0v) is 17.1. The molecule has 1 saturated heterocycles. The summed E-state index contributed by atoms with van der Waals surface area (Å²) in [5.41, 5.74) is 2.18. The maximum atomic E-state index is 12.6. The van der Waals surface area contributed by atoms with Crippen LogP contribution < -0.4 is 10.2 Å². The van der Waals surface area contributed by atoms with Crippen molar-refractivity contribution in [2.45, 2.75) is 19.9 Å². The van der Waals surface area contributed by atoms with Crippen molar-refractivity contribution in [1.29, 1.82) is 0 Å². The molecule has 6 nitrogen and oxygen atoms in total. The van der Waals surface area contributed by atoms with Crippen molar-refractivity contribution in [1.82, 2.24) is 15.1 Å². The minimum atomic E-state index is 0.0174. The first-order valence-electron chi connectivity index (χ1n) is 9.91. The highest BCUT2D eigenvalue weighted by Crippen LogP contribution is 2.28. The SMILES string of the molecule is Cc1nn(Cc2ccccc2)c2sc(C(=O)NCCC[NH+]3CCOCC3)cc12. The van der Waals surface area contributed by atoms with Crippen LogP contribution in [-0.4, -0.2) is 55.1 Å². The number of hydrogen-bond donors (Lipinski definition) is 2. The van der Waals surface area contributed by atoms with E-state index in [-0.39, 0.29) is 5.91 Å². The highest BCUT2D eigenvalue weighted by molar-refractivity contribution is 7.20. The molecular weight excluding hydrogens is 372 g/mol. The smallest absolute Gasteiger partial charge is 0.261 e. The lowest BCUT2D eigenvalue weighted by Gasteiger charge is -2.23. The van der Waals surface area contributed by atoms with Crippen molar-refractivity contribution in [2.75, 3.05) is 39.4 Å². The largest absolute Gasteiger partial charge is 0.370 e. The third-order valence-electron chi connectivity index (χ3n) is 5.20. The molecule has 2 aromatic heterocycles. The number of morpholine rings is 1. The number of aromatic nitrogens is 2. The predicted octanol–water partition coefficient (Wildman–Crippen LogP) is 1.49. The molecule has 0 unspecified atom stereocenters. The Balaban J connectivity index is 1.37. The van der Waals surface area contributed by atoms with Gasteiger partial charge in [0, 0.05) is 18.4 Å². The van der Waals surface area contributed by atoms with E-state index in [4.69, 9.17) is 4.74 Å². The third-order valence-corrected chi connectivity index (χ3v) is 6.35. The quantitative estimate of drug-likeness (QED) is 0.592. The van der Waals surface area contributed by atoms with Crippen LogP contribution in [-0.2, 0) is 11.3 Å². The van der Waals surface area contributed by atoms with Gasteiger partial charge in [0.05, 0.1) is 36.9 Å². The van der Waals surface area contributed by atoms with Crippen LogP contribution in [0.3, 0.4) is 0 Å². The molecule has 0 spiro atoms. The number of rotatable bonds is 7. The fourth-order valence-corrected chi connectivity index (χ4v) is 4.70. The summed E-state index contributed by atoms with van der Waals surface area (Å²) < 4.78 is 7.39. The van der Waals surface area contributed by atoms with Crippen LogP contribution in [0.5, 0.6) is 0 Å². The van der Waals surface area contributed by atoms with Gasteiger partial charge in [0.1, 0.15) is 17.9 Å². The zero-order chi connectivity index (χ0) is 19.3. The van der Waals surface area contributed by atoms with Gasteiger partial charge in [-0.05, 0) is 18.6 Å². The van der Waals surface area contributed by atoms with Crippen LogP contribution in [0.2, 0.25) is 0 Å². The number of benzene rings is 1. The summed E-state index contributed by atoms with van der Waals surface area (Å²) in [4.78, 5) is 16.0. The van der Waals surface area contributed by atoms with Crippen LogP contribution in [0.1, 0.15) is 27.3 Å². The van der Waals surface area contributed by atoms with Crippen LogP contribution >= 0.6 is 11.3 Å². The van der Waals surface area contributed by atoms with Crippen LogP contribution in [0.4, 0.5) is 0 Å². The molecule has 0 saturated carbocycles. The molecule has 148 valence electrons. The Morgan fingerprint density at radius 3 is 2.86 bits per heavy atom. The maximum absolute atomic E-state index is 12.6. The van der Waals surface area contributed by atoms with E-state index < -0.39 is 0 Å². The highest BCUT2D eigenvalue weighted by atomic mass is 32.1. The van der Waals surface area contributed by atoms with Gasteiger partial charge in [-0.2, -0.15) is 5.10 Å². The Morgan fingerprint density at radius 2 is 2.07 bits per heavy atom.